The van der Waals surface area contributed by atoms with Gasteiger partial charge in [0.25, 0.3) is 17.3 Å². The van der Waals surface area contributed by atoms with E-state index >= 15 is 0 Å². The van der Waals surface area contributed by atoms with E-state index in [1.54, 1.807) is 12.1 Å². The number of hydrogen-bond donors (Lipinski definition) is 3. The van der Waals surface area contributed by atoms with Crippen molar-refractivity contribution in [3.8, 4) is 0 Å². The van der Waals surface area contributed by atoms with Gasteiger partial charge in [-0.05, 0) is 120 Å². The van der Waals surface area contributed by atoms with Crippen LogP contribution in [-0.2, 0) is 9.47 Å². The van der Waals surface area contributed by atoms with Gasteiger partial charge in [0.2, 0.25) is 5.36 Å². The molecule has 0 saturated heterocycles. The number of benzene rings is 4. The first-order valence-corrected chi connectivity index (χ1v) is 24.7. The summed E-state index contributed by atoms with van der Waals surface area (Å²) in [5.41, 5.74) is 7.23. The van der Waals surface area contributed by atoms with Crippen molar-refractivity contribution in [1.29, 1.82) is 0 Å². The van der Waals surface area contributed by atoms with Gasteiger partial charge in [-0.25, -0.2) is 9.37 Å². The summed E-state index contributed by atoms with van der Waals surface area (Å²) in [5, 5.41) is 43.5. The molecule has 16 heteroatoms. The zero-order valence-electron chi connectivity index (χ0n) is 38.7. The molecule has 0 aromatic heterocycles. The van der Waals surface area contributed by atoms with Gasteiger partial charge < -0.3 is 30.1 Å². The molecule has 15 nitrogen and oxygen atoms in total. The number of rotatable bonds is 15. The van der Waals surface area contributed by atoms with Crippen LogP contribution < -0.4 is 41.1 Å². The standard InChI is InChI=1S/C49H56N6O9Si/c1-29-27-48(3,4)52(7)40-25-43-37(23-34(29)40)45(38-24-35-30(2)28-49(5,6)53(8)41(35)26-44(38)65(43,9)10)36-21-31(11-13-33(36)47(57)58)46(56)51-16-18-64-20-19-63-17-15-50-39-14-12-32(54(59)60)22-42(39)55(61)62/h11-14,21-28,50H,15-20H2,1-10H3,(H-,51,56,57,58)/p+1. The molecule has 340 valence electrons. The molecule has 3 heterocycles. The molecule has 4 aromatic carbocycles. The molecule has 0 radical (unpaired) electrons. The fraction of sp³-hybridized carbons (Fsp3) is 0.367. The number of carbonyl (C=O) groups is 2. The molecule has 3 N–H and O–H groups in total. The van der Waals surface area contributed by atoms with Crippen molar-refractivity contribution in [3.05, 3.63) is 137 Å². The smallest absolute Gasteiger partial charge is 0.336 e. The van der Waals surface area contributed by atoms with Crippen LogP contribution in [0, 0.1) is 20.2 Å². The Labute approximate surface area is 379 Å². The van der Waals surface area contributed by atoms with Crippen LogP contribution in [0.5, 0.6) is 0 Å². The van der Waals surface area contributed by atoms with Gasteiger partial charge in [0, 0.05) is 68.5 Å². The Morgan fingerprint density at radius 2 is 1.48 bits per heavy atom. The Bertz CT molecular complexity index is 2880. The molecule has 0 fully saturated rings. The van der Waals surface area contributed by atoms with Gasteiger partial charge in [-0.3, -0.25) is 25.0 Å². The molecule has 3 aliphatic rings. The first kappa shape index (κ1) is 46.5. The highest BCUT2D eigenvalue weighted by Gasteiger charge is 2.41. The monoisotopic (exact) mass is 901 g/mol. The lowest BCUT2D eigenvalue weighted by Crippen LogP contribution is -2.64. The molecule has 0 unspecified atom stereocenters. The summed E-state index contributed by atoms with van der Waals surface area (Å²) in [6, 6.07) is 17.3. The van der Waals surface area contributed by atoms with Crippen molar-refractivity contribution in [1.82, 2.24) is 9.89 Å². The summed E-state index contributed by atoms with van der Waals surface area (Å²) in [6.45, 7) is 19.1. The summed E-state index contributed by atoms with van der Waals surface area (Å²) >= 11 is 0. The quantitative estimate of drug-likeness (QED) is 0.0455. The second-order valence-corrected chi connectivity index (χ2v) is 22.9. The maximum atomic E-state index is 13.8. The van der Waals surface area contributed by atoms with E-state index < -0.39 is 29.6 Å². The van der Waals surface area contributed by atoms with Gasteiger partial charge in [-0.15, -0.1) is 0 Å². The average molecular weight is 902 g/mol. The van der Waals surface area contributed by atoms with Crippen molar-refractivity contribution in [2.75, 3.05) is 63.8 Å². The molecular weight excluding hydrogens is 845 g/mol. The van der Waals surface area contributed by atoms with Gasteiger partial charge in [-0.1, -0.05) is 19.2 Å². The lowest BCUT2D eigenvalue weighted by Gasteiger charge is -2.43. The second-order valence-electron chi connectivity index (χ2n) is 18.6. The normalized spacial score (nSPS) is 16.3. The van der Waals surface area contributed by atoms with Gasteiger partial charge >= 0.3 is 5.97 Å². The number of nitrogens with one attached hydrogen (secondary N) is 2. The van der Waals surface area contributed by atoms with Crippen LogP contribution in [0.2, 0.25) is 13.1 Å². The second kappa shape index (κ2) is 17.5. The number of carboxylic acids is 1. The van der Waals surface area contributed by atoms with Gasteiger partial charge in [0.1, 0.15) is 20.8 Å². The molecule has 0 saturated carbocycles. The average Bonchev–Trinajstić information content (AvgIpc) is 3.24. The van der Waals surface area contributed by atoms with Crippen LogP contribution in [0.3, 0.4) is 0 Å². The van der Waals surface area contributed by atoms with E-state index in [1.165, 1.54) is 28.6 Å². The Balaban J connectivity index is 1.15. The number of aromatic carboxylic acids is 1. The van der Waals surface area contributed by atoms with Crippen molar-refractivity contribution in [3.63, 3.8) is 0 Å². The van der Waals surface area contributed by atoms with Crippen LogP contribution in [0.4, 0.5) is 22.7 Å². The third-order valence-electron chi connectivity index (χ3n) is 13.2. The number of nitro groups is 2. The zero-order chi connectivity index (χ0) is 47.3. The minimum Gasteiger partial charge on any atom is -0.478 e. The van der Waals surface area contributed by atoms with E-state index in [4.69, 9.17) is 9.47 Å². The molecular formula is C49H57N6O9Si+. The van der Waals surface area contributed by atoms with E-state index in [0.29, 0.717) is 11.1 Å². The minimum absolute atomic E-state index is 0.103. The molecule has 3 aliphatic heterocycles. The van der Waals surface area contributed by atoms with E-state index in [0.717, 1.165) is 55.7 Å². The van der Waals surface area contributed by atoms with Crippen LogP contribution in [0.1, 0.15) is 84.5 Å². The van der Waals surface area contributed by atoms with Gasteiger partial charge in [-0.2, -0.15) is 0 Å². The summed E-state index contributed by atoms with van der Waals surface area (Å²) in [6.07, 6.45) is 4.55. The van der Waals surface area contributed by atoms with E-state index in [9.17, 15) is 34.9 Å². The predicted molar refractivity (Wildman–Crippen MR) is 257 cm³/mol. The third kappa shape index (κ3) is 8.72. The Morgan fingerprint density at radius 3 is 2.14 bits per heavy atom. The number of anilines is 2. The Kier molecular flexibility index (Phi) is 12.5. The Hall–Kier alpha value is -6.49. The fourth-order valence-corrected chi connectivity index (χ4v) is 12.4. The maximum Gasteiger partial charge on any atom is 0.336 e. The van der Waals surface area contributed by atoms with E-state index in [2.05, 4.69) is 125 Å². The SMILES string of the molecule is CC1=CC(C)(C)N(C)c2cc3c(cc21)C(c1cc(C(=O)NCCOCCOCCNc2ccc([N+](=O)[O-])cc2[N+](=O)[O-])ccc1C(=O)O)=c1cc2c(cc1[Si]3(C)C)=[N+](C)C(C)(C)C=C2C. The number of amides is 1. The van der Waals surface area contributed by atoms with Crippen molar-refractivity contribution in [2.45, 2.75) is 65.7 Å². The number of nitrogens with zero attached hydrogens (tertiary/aromatic N) is 4. The molecule has 0 bridgehead atoms. The zero-order valence-corrected chi connectivity index (χ0v) is 39.7. The predicted octanol–water partition coefficient (Wildman–Crippen LogP) is 5.41. The minimum atomic E-state index is -2.47. The first-order chi connectivity index (χ1) is 30.5. The number of carboxylic acid groups (broad SMARTS) is 1. The summed E-state index contributed by atoms with van der Waals surface area (Å²) in [5.74, 6) is -1.46. The molecule has 0 aliphatic carbocycles. The summed E-state index contributed by atoms with van der Waals surface area (Å²) < 4.78 is 13.6. The Morgan fingerprint density at radius 1 is 0.800 bits per heavy atom. The van der Waals surface area contributed by atoms with Gasteiger partial charge in [0.05, 0.1) is 53.4 Å². The molecule has 0 spiro atoms. The lowest BCUT2D eigenvalue weighted by molar-refractivity contribution is -0.393. The van der Waals surface area contributed by atoms with E-state index in [-0.39, 0.29) is 73.4 Å². The summed E-state index contributed by atoms with van der Waals surface area (Å²) in [4.78, 5) is 50.3. The van der Waals surface area contributed by atoms with Gasteiger partial charge in [0.15, 0.2) is 5.54 Å². The molecule has 4 aromatic rings. The number of fused-ring (bicyclic) bond motifs is 4. The molecule has 0 atom stereocenters. The molecule has 1 amide bonds. The molecule has 7 rings (SSSR count). The van der Waals surface area contributed by atoms with Crippen molar-refractivity contribution in [2.24, 2.45) is 0 Å². The van der Waals surface area contributed by atoms with Crippen molar-refractivity contribution >= 4 is 69.8 Å². The molecule has 65 heavy (non-hydrogen) atoms. The van der Waals surface area contributed by atoms with Crippen LogP contribution in [-0.4, -0.2) is 99.6 Å². The summed E-state index contributed by atoms with van der Waals surface area (Å²) in [7, 11) is 1.78. The number of carbonyl (C=O) groups excluding carboxylic acids is 1. The van der Waals surface area contributed by atoms with E-state index in [1.807, 2.05) is 0 Å². The number of nitro benzene ring substituents is 2. The first-order valence-electron chi connectivity index (χ1n) is 21.7. The van der Waals surface area contributed by atoms with Crippen LogP contribution >= 0.6 is 0 Å². The largest absolute Gasteiger partial charge is 0.478 e. The lowest BCUT2D eigenvalue weighted by atomic mass is 9.84. The van der Waals surface area contributed by atoms with Crippen LogP contribution in [0.15, 0.2) is 72.8 Å². The maximum absolute atomic E-state index is 13.8. The highest BCUT2D eigenvalue weighted by Crippen LogP contribution is 2.41. The highest BCUT2D eigenvalue weighted by atomic mass is 28.3. The topological polar surface area (TPSA) is 189 Å². The van der Waals surface area contributed by atoms with Crippen LogP contribution in [0.25, 0.3) is 16.7 Å². The number of non-ortho nitro benzene ring substituents is 1. The highest BCUT2D eigenvalue weighted by molar-refractivity contribution is 7.01. The third-order valence-corrected chi connectivity index (χ3v) is 16.8. The number of hydrogen-bond acceptors (Lipinski definition) is 10. The number of allylic oxidation sites excluding steroid dienone is 2. The number of likely N-dealkylation sites (N-methyl/N-ethyl adjacent to an activating group) is 2. The fourth-order valence-electron chi connectivity index (χ4n) is 9.35. The van der Waals surface area contributed by atoms with Crippen molar-refractivity contribution < 1.29 is 34.0 Å². The number of ether oxygens (including phenoxy) is 2.